The Kier molecular flexibility index (Phi) is 4.58. The minimum atomic E-state index is -4.72. The van der Waals surface area contributed by atoms with E-state index in [1.807, 2.05) is 0 Å². The van der Waals surface area contributed by atoms with Gasteiger partial charge >= 0.3 is 6.18 Å². The van der Waals surface area contributed by atoms with Crippen LogP contribution in [-0.4, -0.2) is 9.97 Å². The van der Waals surface area contributed by atoms with E-state index in [0.717, 1.165) is 11.8 Å². The highest BCUT2D eigenvalue weighted by Crippen LogP contribution is 2.29. The Morgan fingerprint density at radius 3 is 2.67 bits per heavy atom. The normalized spacial score (nSPS) is 11.7. The van der Waals surface area contributed by atoms with Crippen LogP contribution in [0.4, 0.5) is 17.6 Å². The molecular formula is C12H7ClF4N2OS. The van der Waals surface area contributed by atoms with Crippen LogP contribution in [0.25, 0.3) is 0 Å². The van der Waals surface area contributed by atoms with Crippen LogP contribution in [0.15, 0.2) is 34.2 Å². The second kappa shape index (κ2) is 6.07. The fourth-order valence-electron chi connectivity index (χ4n) is 1.46. The minimum absolute atomic E-state index is 0.0598. The second-order valence-electron chi connectivity index (χ2n) is 3.92. The van der Waals surface area contributed by atoms with Gasteiger partial charge in [0.2, 0.25) is 0 Å². The van der Waals surface area contributed by atoms with Crippen LogP contribution in [0.1, 0.15) is 11.3 Å². The third kappa shape index (κ3) is 3.98. The molecule has 0 aliphatic rings. The Bertz CT molecular complexity index is 697. The Morgan fingerprint density at radius 1 is 1.33 bits per heavy atom. The highest BCUT2D eigenvalue weighted by atomic mass is 35.5. The standard InChI is InChI=1S/C12H7ClF4N2OS/c13-7-2-1-3-8(14)6(7)5-21-11-18-9(12(15,16)17)4-10(20)19-11/h1-4H,5H2,(H,18,19,20). The van der Waals surface area contributed by atoms with Crippen molar-refractivity contribution in [3.05, 3.63) is 56.7 Å². The molecule has 0 atom stereocenters. The lowest BCUT2D eigenvalue weighted by molar-refractivity contribution is -0.141. The summed E-state index contributed by atoms with van der Waals surface area (Å²) in [6.45, 7) is 0. The number of H-pyrrole nitrogens is 1. The van der Waals surface area contributed by atoms with Crippen LogP contribution in [0.5, 0.6) is 0 Å². The Hall–Kier alpha value is -1.54. The van der Waals surface area contributed by atoms with E-state index in [-0.39, 0.29) is 21.5 Å². The largest absolute Gasteiger partial charge is 0.433 e. The van der Waals surface area contributed by atoms with Crippen LogP contribution in [0, 0.1) is 5.82 Å². The Morgan fingerprint density at radius 2 is 2.05 bits per heavy atom. The number of benzene rings is 1. The lowest BCUT2D eigenvalue weighted by Gasteiger charge is -2.08. The first-order chi connectivity index (χ1) is 9.77. The van der Waals surface area contributed by atoms with E-state index >= 15 is 0 Å². The summed E-state index contributed by atoms with van der Waals surface area (Å²) >= 11 is 6.56. The van der Waals surface area contributed by atoms with Gasteiger partial charge in [-0.2, -0.15) is 13.2 Å². The summed E-state index contributed by atoms with van der Waals surface area (Å²) in [4.78, 5) is 16.6. The summed E-state index contributed by atoms with van der Waals surface area (Å²) in [6, 6.07) is 4.42. The smallest absolute Gasteiger partial charge is 0.301 e. The highest BCUT2D eigenvalue weighted by Gasteiger charge is 2.33. The van der Waals surface area contributed by atoms with Gasteiger partial charge in [0.15, 0.2) is 10.9 Å². The Labute approximate surface area is 125 Å². The predicted molar refractivity (Wildman–Crippen MR) is 70.8 cm³/mol. The number of nitrogens with zero attached hydrogens (tertiary/aromatic N) is 1. The van der Waals surface area contributed by atoms with E-state index in [9.17, 15) is 22.4 Å². The first kappa shape index (κ1) is 15.8. The molecule has 1 heterocycles. The molecule has 2 rings (SSSR count). The lowest BCUT2D eigenvalue weighted by Crippen LogP contribution is -2.16. The average molecular weight is 339 g/mol. The van der Waals surface area contributed by atoms with Gasteiger partial charge in [-0.05, 0) is 12.1 Å². The molecule has 21 heavy (non-hydrogen) atoms. The summed E-state index contributed by atoms with van der Waals surface area (Å²) in [5.41, 5.74) is -2.10. The van der Waals surface area contributed by atoms with E-state index in [4.69, 9.17) is 11.6 Å². The van der Waals surface area contributed by atoms with Crippen molar-refractivity contribution in [2.75, 3.05) is 0 Å². The molecule has 0 spiro atoms. The fourth-order valence-corrected chi connectivity index (χ4v) is 2.68. The number of nitrogens with one attached hydrogen (secondary N) is 1. The Balaban J connectivity index is 2.25. The maximum Gasteiger partial charge on any atom is 0.433 e. The van der Waals surface area contributed by atoms with Gasteiger partial charge in [0.05, 0.1) is 0 Å². The van der Waals surface area contributed by atoms with Gasteiger partial charge in [-0.3, -0.25) is 4.79 Å². The quantitative estimate of drug-likeness (QED) is 0.525. The number of aromatic amines is 1. The third-order valence-electron chi connectivity index (χ3n) is 2.43. The second-order valence-corrected chi connectivity index (χ2v) is 5.29. The topological polar surface area (TPSA) is 45.8 Å². The molecule has 0 fully saturated rings. The van der Waals surface area contributed by atoms with E-state index in [1.165, 1.54) is 18.2 Å². The van der Waals surface area contributed by atoms with E-state index in [1.54, 1.807) is 0 Å². The van der Waals surface area contributed by atoms with Crippen LogP contribution < -0.4 is 5.56 Å². The maximum atomic E-state index is 13.5. The zero-order chi connectivity index (χ0) is 15.6. The number of alkyl halides is 3. The molecular weight excluding hydrogens is 332 g/mol. The van der Waals surface area contributed by atoms with Gasteiger partial charge in [-0.15, -0.1) is 0 Å². The molecule has 0 aliphatic heterocycles. The summed E-state index contributed by atoms with van der Waals surface area (Å²) < 4.78 is 51.1. The number of halogens is 5. The van der Waals surface area contributed by atoms with Crippen molar-refractivity contribution in [3.8, 4) is 0 Å². The first-order valence-electron chi connectivity index (χ1n) is 5.51. The fraction of sp³-hybridized carbons (Fsp3) is 0.167. The van der Waals surface area contributed by atoms with Gasteiger partial charge in [-0.1, -0.05) is 29.4 Å². The van der Waals surface area contributed by atoms with Crippen LogP contribution in [0.2, 0.25) is 5.02 Å². The molecule has 0 bridgehead atoms. The van der Waals surface area contributed by atoms with E-state index in [2.05, 4.69) is 9.97 Å². The monoisotopic (exact) mass is 338 g/mol. The van der Waals surface area contributed by atoms with Crippen molar-refractivity contribution >= 4 is 23.4 Å². The van der Waals surface area contributed by atoms with Gasteiger partial charge < -0.3 is 4.98 Å². The lowest BCUT2D eigenvalue weighted by atomic mass is 10.2. The zero-order valence-electron chi connectivity index (χ0n) is 10.2. The highest BCUT2D eigenvalue weighted by molar-refractivity contribution is 7.98. The van der Waals surface area contributed by atoms with Crippen molar-refractivity contribution in [3.63, 3.8) is 0 Å². The SMILES string of the molecule is O=c1cc(C(F)(F)F)nc(SCc2c(F)cccc2Cl)[nH]1. The summed E-state index contributed by atoms with van der Waals surface area (Å²) in [7, 11) is 0. The molecule has 1 aromatic carbocycles. The van der Waals surface area contributed by atoms with Crippen molar-refractivity contribution in [1.82, 2.24) is 9.97 Å². The number of hydrogen-bond donors (Lipinski definition) is 1. The first-order valence-corrected chi connectivity index (χ1v) is 6.88. The molecule has 0 aliphatic carbocycles. The third-order valence-corrected chi connectivity index (χ3v) is 3.68. The molecule has 0 radical (unpaired) electrons. The summed E-state index contributed by atoms with van der Waals surface area (Å²) in [6.07, 6.45) is -4.72. The zero-order valence-corrected chi connectivity index (χ0v) is 11.7. The number of rotatable bonds is 3. The molecule has 0 saturated heterocycles. The molecule has 1 N–H and O–H groups in total. The van der Waals surface area contributed by atoms with Crippen molar-refractivity contribution < 1.29 is 17.6 Å². The predicted octanol–water partition coefficient (Wildman–Crippen LogP) is 3.87. The van der Waals surface area contributed by atoms with E-state index in [0.29, 0.717) is 6.07 Å². The average Bonchev–Trinajstić information content (AvgIpc) is 2.36. The van der Waals surface area contributed by atoms with Crippen molar-refractivity contribution in [2.24, 2.45) is 0 Å². The number of thioether (sulfide) groups is 1. The maximum absolute atomic E-state index is 13.5. The molecule has 0 saturated carbocycles. The molecule has 1 aromatic heterocycles. The number of hydrogen-bond acceptors (Lipinski definition) is 3. The van der Waals surface area contributed by atoms with Gasteiger partial charge in [0.1, 0.15) is 5.82 Å². The molecule has 112 valence electrons. The minimum Gasteiger partial charge on any atom is -0.301 e. The summed E-state index contributed by atoms with van der Waals surface area (Å²) in [5, 5.41) is -0.106. The van der Waals surface area contributed by atoms with E-state index < -0.39 is 23.2 Å². The summed E-state index contributed by atoms with van der Waals surface area (Å²) in [5.74, 6) is -0.639. The molecule has 0 amide bonds. The molecule has 3 nitrogen and oxygen atoms in total. The molecule has 0 unspecified atom stereocenters. The number of aromatic nitrogens is 2. The van der Waals surface area contributed by atoms with Gasteiger partial charge in [-0.25, -0.2) is 9.37 Å². The van der Waals surface area contributed by atoms with Crippen LogP contribution in [0.3, 0.4) is 0 Å². The van der Waals surface area contributed by atoms with Crippen molar-refractivity contribution in [1.29, 1.82) is 0 Å². The molecule has 2 aromatic rings. The molecule has 9 heteroatoms. The van der Waals surface area contributed by atoms with Crippen molar-refractivity contribution in [2.45, 2.75) is 17.1 Å². The van der Waals surface area contributed by atoms with Crippen LogP contribution >= 0.6 is 23.4 Å². The van der Waals surface area contributed by atoms with Crippen LogP contribution in [-0.2, 0) is 11.9 Å². The van der Waals surface area contributed by atoms with Gasteiger partial charge in [0.25, 0.3) is 5.56 Å². The van der Waals surface area contributed by atoms with Gasteiger partial charge in [0, 0.05) is 22.4 Å².